The van der Waals surface area contributed by atoms with Crippen molar-refractivity contribution >= 4 is 21.6 Å². The molecule has 0 bridgehead atoms. The number of aromatic nitrogens is 2. The molecule has 0 N–H and O–H groups in total. The van der Waals surface area contributed by atoms with E-state index in [1.54, 1.807) is 22.2 Å². The van der Waals surface area contributed by atoms with Crippen LogP contribution in [0.4, 0.5) is 0 Å². The van der Waals surface area contributed by atoms with Gasteiger partial charge in [0, 0.05) is 4.88 Å². The fraction of sp³-hybridized carbons (Fsp3) is 0.368. The summed E-state index contributed by atoms with van der Waals surface area (Å²) in [6, 6.07) is 8.30. The van der Waals surface area contributed by atoms with Crippen LogP contribution in [-0.2, 0) is 19.4 Å². The van der Waals surface area contributed by atoms with Gasteiger partial charge in [0.25, 0.3) is 5.56 Å². The molecule has 1 aliphatic carbocycles. The van der Waals surface area contributed by atoms with Crippen molar-refractivity contribution < 1.29 is 0 Å². The van der Waals surface area contributed by atoms with E-state index < -0.39 is 0 Å². The summed E-state index contributed by atoms with van der Waals surface area (Å²) >= 11 is 1.71. The Kier molecular flexibility index (Phi) is 3.57. The van der Waals surface area contributed by atoms with E-state index in [-0.39, 0.29) is 5.56 Å². The third-order valence-electron chi connectivity index (χ3n) is 4.72. The standard InChI is InChI=1S/C19H20N2OS/c1-12-4-3-5-14(8-12)10-21-11-20-18-17(19(21)22)15-7-6-13(2)9-16(15)23-18/h3-5,8,11,13H,6-7,9-10H2,1-2H3/t13-/m1/s1. The van der Waals surface area contributed by atoms with Crippen LogP contribution >= 0.6 is 11.3 Å². The Bertz CT molecular complexity index is 938. The van der Waals surface area contributed by atoms with Crippen molar-refractivity contribution in [2.75, 3.05) is 0 Å². The summed E-state index contributed by atoms with van der Waals surface area (Å²) in [5.41, 5.74) is 3.74. The molecule has 0 amide bonds. The predicted octanol–water partition coefficient (Wildman–Crippen LogP) is 3.94. The van der Waals surface area contributed by atoms with Crippen LogP contribution in [0.3, 0.4) is 0 Å². The van der Waals surface area contributed by atoms with Gasteiger partial charge in [0.15, 0.2) is 0 Å². The molecule has 3 nitrogen and oxygen atoms in total. The van der Waals surface area contributed by atoms with Crippen LogP contribution in [0.5, 0.6) is 0 Å². The molecule has 0 fully saturated rings. The van der Waals surface area contributed by atoms with Gasteiger partial charge >= 0.3 is 0 Å². The minimum Gasteiger partial charge on any atom is -0.294 e. The van der Waals surface area contributed by atoms with Crippen LogP contribution in [-0.4, -0.2) is 9.55 Å². The number of hydrogen-bond acceptors (Lipinski definition) is 3. The highest BCUT2D eigenvalue weighted by Gasteiger charge is 2.23. The lowest BCUT2D eigenvalue weighted by atomic mass is 9.89. The van der Waals surface area contributed by atoms with E-state index >= 15 is 0 Å². The fourth-order valence-electron chi connectivity index (χ4n) is 3.49. The highest BCUT2D eigenvalue weighted by Crippen LogP contribution is 2.35. The van der Waals surface area contributed by atoms with Crippen LogP contribution < -0.4 is 5.56 Å². The van der Waals surface area contributed by atoms with E-state index in [2.05, 4.69) is 37.0 Å². The minimum absolute atomic E-state index is 0.114. The van der Waals surface area contributed by atoms with Crippen LogP contribution in [0.25, 0.3) is 10.2 Å². The van der Waals surface area contributed by atoms with Crippen molar-refractivity contribution in [3.63, 3.8) is 0 Å². The van der Waals surface area contributed by atoms with Crippen molar-refractivity contribution in [1.82, 2.24) is 9.55 Å². The molecule has 1 atom stereocenters. The van der Waals surface area contributed by atoms with E-state index in [4.69, 9.17) is 0 Å². The number of aryl methyl sites for hydroxylation is 2. The first-order chi connectivity index (χ1) is 11.1. The normalized spacial score (nSPS) is 17.4. The van der Waals surface area contributed by atoms with Crippen molar-refractivity contribution in [3.8, 4) is 0 Å². The Balaban J connectivity index is 1.80. The molecule has 4 rings (SSSR count). The molecule has 0 saturated carbocycles. The maximum atomic E-state index is 13.0. The number of nitrogens with zero attached hydrogens (tertiary/aromatic N) is 2. The molecule has 4 heteroatoms. The van der Waals surface area contributed by atoms with Gasteiger partial charge in [-0.2, -0.15) is 0 Å². The molecule has 1 aromatic carbocycles. The molecule has 118 valence electrons. The summed E-state index contributed by atoms with van der Waals surface area (Å²) < 4.78 is 1.75. The number of rotatable bonds is 2. The largest absolute Gasteiger partial charge is 0.294 e. The van der Waals surface area contributed by atoms with Crippen LogP contribution in [0.15, 0.2) is 35.4 Å². The van der Waals surface area contributed by atoms with E-state index in [0.717, 1.165) is 28.6 Å². The average Bonchev–Trinajstić information content (AvgIpc) is 2.88. The summed E-state index contributed by atoms with van der Waals surface area (Å²) in [7, 11) is 0. The van der Waals surface area contributed by atoms with Gasteiger partial charge in [-0.15, -0.1) is 11.3 Å². The summed E-state index contributed by atoms with van der Waals surface area (Å²) in [4.78, 5) is 19.8. The molecular weight excluding hydrogens is 304 g/mol. The molecule has 2 aromatic heterocycles. The van der Waals surface area contributed by atoms with Gasteiger partial charge in [-0.25, -0.2) is 4.98 Å². The molecule has 23 heavy (non-hydrogen) atoms. The summed E-state index contributed by atoms with van der Waals surface area (Å²) in [6.45, 7) is 4.95. The lowest BCUT2D eigenvalue weighted by molar-refractivity contribution is 0.509. The van der Waals surface area contributed by atoms with Crippen LogP contribution in [0.1, 0.15) is 34.9 Å². The predicted molar refractivity (Wildman–Crippen MR) is 95.4 cm³/mol. The highest BCUT2D eigenvalue weighted by atomic mass is 32.1. The van der Waals surface area contributed by atoms with Crippen LogP contribution in [0, 0.1) is 12.8 Å². The van der Waals surface area contributed by atoms with E-state index in [9.17, 15) is 4.79 Å². The van der Waals surface area contributed by atoms with Gasteiger partial charge in [-0.3, -0.25) is 9.36 Å². The molecule has 0 saturated heterocycles. The van der Waals surface area contributed by atoms with E-state index in [1.807, 2.05) is 6.07 Å². The first-order valence-corrected chi connectivity index (χ1v) is 8.98. The highest BCUT2D eigenvalue weighted by molar-refractivity contribution is 7.18. The second kappa shape index (κ2) is 5.60. The Hall–Kier alpha value is -1.94. The quantitative estimate of drug-likeness (QED) is 0.715. The monoisotopic (exact) mass is 324 g/mol. The molecule has 3 aromatic rings. The SMILES string of the molecule is Cc1cccc(Cn2cnc3sc4c(c3c2=O)CC[C@@H](C)C4)c1. The van der Waals surface area contributed by atoms with Gasteiger partial charge in [0.2, 0.25) is 0 Å². The molecule has 0 radical (unpaired) electrons. The Morgan fingerprint density at radius 1 is 1.39 bits per heavy atom. The minimum atomic E-state index is 0.114. The molecule has 0 spiro atoms. The Labute approximate surface area is 139 Å². The van der Waals surface area contributed by atoms with E-state index in [1.165, 1.54) is 22.4 Å². The number of thiophene rings is 1. The number of benzene rings is 1. The smallest absolute Gasteiger partial charge is 0.262 e. The fourth-order valence-corrected chi connectivity index (χ4v) is 4.83. The maximum absolute atomic E-state index is 13.0. The third-order valence-corrected chi connectivity index (χ3v) is 5.88. The molecular formula is C19H20N2OS. The molecule has 0 unspecified atom stereocenters. The maximum Gasteiger partial charge on any atom is 0.262 e. The van der Waals surface area contributed by atoms with Gasteiger partial charge < -0.3 is 0 Å². The number of fused-ring (bicyclic) bond motifs is 3. The third kappa shape index (κ3) is 2.61. The topological polar surface area (TPSA) is 34.9 Å². The summed E-state index contributed by atoms with van der Waals surface area (Å²) in [5.74, 6) is 0.713. The van der Waals surface area contributed by atoms with Gasteiger partial charge in [-0.1, -0.05) is 36.8 Å². The molecule has 0 aliphatic heterocycles. The van der Waals surface area contributed by atoms with Crippen LogP contribution in [0.2, 0.25) is 0 Å². The van der Waals surface area contributed by atoms with Crippen molar-refractivity contribution in [2.45, 2.75) is 39.7 Å². The Morgan fingerprint density at radius 2 is 2.26 bits per heavy atom. The van der Waals surface area contributed by atoms with Crippen molar-refractivity contribution in [1.29, 1.82) is 0 Å². The van der Waals surface area contributed by atoms with Gasteiger partial charge in [-0.05, 0) is 43.2 Å². The first kappa shape index (κ1) is 14.6. The van der Waals surface area contributed by atoms with Crippen molar-refractivity contribution in [2.24, 2.45) is 5.92 Å². The zero-order chi connectivity index (χ0) is 16.0. The Morgan fingerprint density at radius 3 is 3.09 bits per heavy atom. The molecule has 1 aliphatic rings. The summed E-state index contributed by atoms with van der Waals surface area (Å²) in [6.07, 6.45) is 4.99. The van der Waals surface area contributed by atoms with Crippen molar-refractivity contribution in [3.05, 3.63) is 62.5 Å². The summed E-state index contributed by atoms with van der Waals surface area (Å²) in [5, 5.41) is 0.868. The lowest BCUT2D eigenvalue weighted by Gasteiger charge is -2.17. The average molecular weight is 324 g/mol. The second-order valence-electron chi connectivity index (χ2n) is 6.70. The number of hydrogen-bond donors (Lipinski definition) is 0. The lowest BCUT2D eigenvalue weighted by Crippen LogP contribution is -2.22. The first-order valence-electron chi connectivity index (χ1n) is 8.17. The van der Waals surface area contributed by atoms with Gasteiger partial charge in [0.1, 0.15) is 4.83 Å². The van der Waals surface area contributed by atoms with E-state index in [0.29, 0.717) is 12.5 Å². The zero-order valence-corrected chi connectivity index (χ0v) is 14.3. The van der Waals surface area contributed by atoms with Gasteiger partial charge in [0.05, 0.1) is 18.3 Å². The second-order valence-corrected chi connectivity index (χ2v) is 7.78. The zero-order valence-electron chi connectivity index (χ0n) is 13.5. The molecule has 2 heterocycles.